The summed E-state index contributed by atoms with van der Waals surface area (Å²) in [4.78, 5) is 18.2. The number of nitrogens with one attached hydrogen (secondary N) is 1. The molecule has 2 aliphatic heterocycles. The smallest absolute Gasteiger partial charge is 0.219 e. The second-order valence-electron chi connectivity index (χ2n) is 10.7. The van der Waals surface area contributed by atoms with Crippen LogP contribution in [0, 0.1) is 5.82 Å². The van der Waals surface area contributed by atoms with E-state index in [1.807, 2.05) is 11.0 Å². The maximum absolute atomic E-state index is 14.1. The van der Waals surface area contributed by atoms with Gasteiger partial charge < -0.3 is 20.7 Å². The van der Waals surface area contributed by atoms with Crippen molar-refractivity contribution < 1.29 is 13.9 Å². The summed E-state index contributed by atoms with van der Waals surface area (Å²) in [7, 11) is 0. The number of halogens is 3. The lowest BCUT2D eigenvalue weighted by Gasteiger charge is -2.47. The highest BCUT2D eigenvalue weighted by atomic mass is 35.5. The fourth-order valence-corrected chi connectivity index (χ4v) is 6.69. The molecule has 5 rings (SSSR count). The molecule has 38 heavy (non-hydrogen) atoms. The number of rotatable bonds is 4. The number of piperidine rings is 1. The van der Waals surface area contributed by atoms with E-state index in [2.05, 4.69) is 42.3 Å². The minimum absolute atomic E-state index is 0.0562. The Morgan fingerprint density at radius 1 is 1.16 bits per heavy atom. The SMILES string of the molecule is CC(=O)N1CCC2(CC1)c1ccc(-c3cnc(N)c(O[C@H](C)c4c(Cl)ccc(F)c4Cl)c3)cc1NC2(C)C. The second kappa shape index (κ2) is 9.62. The number of benzene rings is 2. The van der Waals surface area contributed by atoms with Crippen molar-refractivity contribution in [1.29, 1.82) is 0 Å². The number of aromatic nitrogens is 1. The molecule has 0 saturated carbocycles. The summed E-state index contributed by atoms with van der Waals surface area (Å²) < 4.78 is 20.2. The number of nitrogens with two attached hydrogens (primary N) is 1. The van der Waals surface area contributed by atoms with Crippen LogP contribution in [-0.2, 0) is 10.2 Å². The van der Waals surface area contributed by atoms with Gasteiger partial charge in [0.25, 0.3) is 0 Å². The van der Waals surface area contributed by atoms with Crippen molar-refractivity contribution in [3.05, 3.63) is 69.6 Å². The molecular weight excluding hydrogens is 526 g/mol. The molecule has 200 valence electrons. The molecule has 0 aliphatic carbocycles. The molecule has 3 aromatic rings. The van der Waals surface area contributed by atoms with Crippen molar-refractivity contribution in [1.82, 2.24) is 9.88 Å². The second-order valence-corrected chi connectivity index (χ2v) is 11.5. The van der Waals surface area contributed by atoms with Crippen LogP contribution in [0.1, 0.15) is 57.8 Å². The van der Waals surface area contributed by atoms with Crippen LogP contribution in [0.3, 0.4) is 0 Å². The maximum atomic E-state index is 14.1. The van der Waals surface area contributed by atoms with Gasteiger partial charge in [-0.1, -0.05) is 35.3 Å². The minimum Gasteiger partial charge on any atom is -0.482 e. The molecule has 2 aliphatic rings. The fourth-order valence-electron chi connectivity index (χ4n) is 6.01. The summed E-state index contributed by atoms with van der Waals surface area (Å²) in [6.45, 7) is 9.34. The number of nitrogens with zero attached hydrogens (tertiary/aromatic N) is 2. The fraction of sp³-hybridized carbons (Fsp3) is 0.379. The van der Waals surface area contributed by atoms with E-state index in [0.29, 0.717) is 16.3 Å². The Labute approximate surface area is 232 Å². The van der Waals surface area contributed by atoms with E-state index in [1.54, 1.807) is 20.0 Å². The third kappa shape index (κ3) is 4.35. The third-order valence-corrected chi connectivity index (χ3v) is 8.96. The van der Waals surface area contributed by atoms with Crippen LogP contribution < -0.4 is 15.8 Å². The number of anilines is 2. The lowest BCUT2D eigenvalue weighted by atomic mass is 9.63. The van der Waals surface area contributed by atoms with Gasteiger partial charge in [-0.3, -0.25) is 4.79 Å². The van der Waals surface area contributed by atoms with E-state index in [0.717, 1.165) is 42.7 Å². The Hall–Kier alpha value is -3.03. The van der Waals surface area contributed by atoms with Gasteiger partial charge in [-0.25, -0.2) is 9.37 Å². The Balaban J connectivity index is 1.44. The van der Waals surface area contributed by atoms with Crippen molar-refractivity contribution in [3.63, 3.8) is 0 Å². The standard InChI is InChI=1S/C29H31Cl2FN4O2/c1-16(25-21(30)7-8-22(32)26(25)31)38-24-14-19(15-34-27(24)33)18-5-6-20-23(13-18)35-28(3,4)29(20)9-11-36(12-10-29)17(2)37/h5-8,13-16,35H,9-12H2,1-4H3,(H2,33,34)/t16-/m1/s1. The van der Waals surface area contributed by atoms with Crippen molar-refractivity contribution >= 4 is 40.6 Å². The Morgan fingerprint density at radius 2 is 1.87 bits per heavy atom. The Morgan fingerprint density at radius 3 is 2.55 bits per heavy atom. The summed E-state index contributed by atoms with van der Waals surface area (Å²) in [5.74, 6) is 0.123. The van der Waals surface area contributed by atoms with Crippen LogP contribution in [-0.4, -0.2) is 34.4 Å². The highest BCUT2D eigenvalue weighted by Crippen LogP contribution is 2.54. The molecule has 9 heteroatoms. The summed E-state index contributed by atoms with van der Waals surface area (Å²) in [5, 5.41) is 3.97. The van der Waals surface area contributed by atoms with Crippen LogP contribution in [0.2, 0.25) is 10.0 Å². The number of hydrogen-bond donors (Lipinski definition) is 2. The summed E-state index contributed by atoms with van der Waals surface area (Å²) in [5.41, 5.74) is 10.4. The average Bonchev–Trinajstić information content (AvgIpc) is 3.08. The van der Waals surface area contributed by atoms with Gasteiger partial charge in [-0.2, -0.15) is 0 Å². The number of fused-ring (bicyclic) bond motifs is 2. The van der Waals surface area contributed by atoms with Crippen molar-refractivity contribution in [2.75, 3.05) is 24.1 Å². The molecule has 1 spiro atoms. The van der Waals surface area contributed by atoms with Crippen molar-refractivity contribution in [2.45, 2.75) is 57.6 Å². The molecule has 1 atom stereocenters. The van der Waals surface area contributed by atoms with Gasteiger partial charge in [0, 0.05) is 59.0 Å². The number of carbonyl (C=O) groups is 1. The van der Waals surface area contributed by atoms with Crippen LogP contribution in [0.5, 0.6) is 5.75 Å². The molecule has 1 amide bonds. The number of amides is 1. The largest absolute Gasteiger partial charge is 0.482 e. The first-order valence-corrected chi connectivity index (χ1v) is 13.4. The van der Waals surface area contributed by atoms with Crippen LogP contribution in [0.25, 0.3) is 11.1 Å². The minimum atomic E-state index is -0.659. The van der Waals surface area contributed by atoms with Gasteiger partial charge in [0.2, 0.25) is 5.91 Å². The first-order valence-electron chi connectivity index (χ1n) is 12.7. The number of nitrogen functional groups attached to an aromatic ring is 1. The van der Waals surface area contributed by atoms with Gasteiger partial charge in [-0.05, 0) is 69.0 Å². The highest BCUT2D eigenvalue weighted by Gasteiger charge is 2.53. The van der Waals surface area contributed by atoms with Crippen molar-refractivity contribution in [2.24, 2.45) is 0 Å². The zero-order chi connectivity index (χ0) is 27.4. The number of likely N-dealkylation sites (tertiary alicyclic amines) is 1. The first kappa shape index (κ1) is 26.6. The quantitative estimate of drug-likeness (QED) is 0.338. The molecule has 1 fully saturated rings. The zero-order valence-corrected chi connectivity index (χ0v) is 23.4. The van der Waals surface area contributed by atoms with Crippen LogP contribution in [0.4, 0.5) is 15.9 Å². The number of hydrogen-bond acceptors (Lipinski definition) is 5. The first-order chi connectivity index (χ1) is 17.9. The lowest BCUT2D eigenvalue weighted by Crippen LogP contribution is -2.54. The zero-order valence-electron chi connectivity index (χ0n) is 21.9. The van der Waals surface area contributed by atoms with Gasteiger partial charge in [0.1, 0.15) is 11.9 Å². The number of ether oxygens (including phenoxy) is 1. The average molecular weight is 557 g/mol. The predicted molar refractivity (Wildman–Crippen MR) is 150 cm³/mol. The summed E-state index contributed by atoms with van der Waals surface area (Å²) in [6.07, 6.45) is 2.86. The van der Waals surface area contributed by atoms with Gasteiger partial charge in [0.05, 0.1) is 5.02 Å². The topological polar surface area (TPSA) is 80.5 Å². The summed E-state index contributed by atoms with van der Waals surface area (Å²) >= 11 is 12.5. The highest BCUT2D eigenvalue weighted by molar-refractivity contribution is 6.36. The monoisotopic (exact) mass is 556 g/mol. The van der Waals surface area contributed by atoms with Crippen LogP contribution >= 0.6 is 23.2 Å². The molecule has 3 heterocycles. The molecule has 0 radical (unpaired) electrons. The Kier molecular flexibility index (Phi) is 6.72. The molecule has 0 unspecified atom stereocenters. The van der Waals surface area contributed by atoms with E-state index >= 15 is 0 Å². The maximum Gasteiger partial charge on any atom is 0.219 e. The molecule has 2 aromatic carbocycles. The van der Waals surface area contributed by atoms with E-state index in [1.165, 1.54) is 17.7 Å². The summed E-state index contributed by atoms with van der Waals surface area (Å²) in [6, 6.07) is 10.9. The molecule has 1 aromatic heterocycles. The molecule has 6 nitrogen and oxygen atoms in total. The van der Waals surface area contributed by atoms with Gasteiger partial charge in [0.15, 0.2) is 11.6 Å². The van der Waals surface area contributed by atoms with Gasteiger partial charge in [-0.15, -0.1) is 0 Å². The Bertz CT molecular complexity index is 1420. The van der Waals surface area contributed by atoms with E-state index in [9.17, 15) is 9.18 Å². The van der Waals surface area contributed by atoms with Gasteiger partial charge >= 0.3 is 0 Å². The third-order valence-electron chi connectivity index (χ3n) is 8.25. The van der Waals surface area contributed by atoms with Crippen LogP contribution in [0.15, 0.2) is 42.6 Å². The van der Waals surface area contributed by atoms with E-state index in [4.69, 9.17) is 33.7 Å². The lowest BCUT2D eigenvalue weighted by molar-refractivity contribution is -0.130. The van der Waals surface area contributed by atoms with E-state index in [-0.39, 0.29) is 27.7 Å². The molecular formula is C29H31Cl2FN4O2. The molecule has 0 bridgehead atoms. The number of pyridine rings is 1. The molecule has 3 N–H and O–H groups in total. The normalized spacial score (nSPS) is 18.1. The molecule has 1 saturated heterocycles. The predicted octanol–water partition coefficient (Wildman–Crippen LogP) is 7.00. The number of carbonyl (C=O) groups excluding carboxylic acids is 1. The van der Waals surface area contributed by atoms with E-state index < -0.39 is 11.9 Å². The van der Waals surface area contributed by atoms with Crippen molar-refractivity contribution in [3.8, 4) is 16.9 Å².